The number of hydrogen-bond donors (Lipinski definition) is 1. The molecular weight excluding hydrogens is 307 g/mol. The highest BCUT2D eigenvalue weighted by atomic mass is 79.9. The summed E-state index contributed by atoms with van der Waals surface area (Å²) in [7, 11) is 1.96. The standard InChI is InChI=1S/C11H15BrN2O2.ClH/c1-13-8-4-6-14(7-5-8)11(15)9-2-3-10(12)16-9;/h2-3,8,13H,4-7H2,1H3;1H. The van der Waals surface area contributed by atoms with Crippen LogP contribution in [0.3, 0.4) is 0 Å². The van der Waals surface area contributed by atoms with Crippen LogP contribution in [0.2, 0.25) is 0 Å². The Balaban J connectivity index is 0.00000144. The molecule has 1 fully saturated rings. The van der Waals surface area contributed by atoms with E-state index in [4.69, 9.17) is 4.42 Å². The molecule has 17 heavy (non-hydrogen) atoms. The van der Waals surface area contributed by atoms with E-state index in [1.807, 2.05) is 11.9 Å². The van der Waals surface area contributed by atoms with Gasteiger partial charge in [-0.15, -0.1) is 12.4 Å². The number of nitrogens with zero attached hydrogens (tertiary/aromatic N) is 1. The van der Waals surface area contributed by atoms with Gasteiger partial charge in [0, 0.05) is 19.1 Å². The highest BCUT2D eigenvalue weighted by molar-refractivity contribution is 9.10. The number of likely N-dealkylation sites (tertiary alicyclic amines) is 1. The number of carbonyl (C=O) groups excluding carboxylic acids is 1. The predicted octanol–water partition coefficient (Wildman–Crippen LogP) is 2.29. The summed E-state index contributed by atoms with van der Waals surface area (Å²) in [6, 6.07) is 3.98. The number of nitrogens with one attached hydrogen (secondary N) is 1. The molecule has 0 saturated carbocycles. The Bertz CT molecular complexity index is 375. The monoisotopic (exact) mass is 322 g/mol. The van der Waals surface area contributed by atoms with Gasteiger partial charge < -0.3 is 14.6 Å². The van der Waals surface area contributed by atoms with Crippen LogP contribution in [0.4, 0.5) is 0 Å². The Morgan fingerprint density at radius 3 is 2.59 bits per heavy atom. The van der Waals surface area contributed by atoms with Crippen molar-refractivity contribution in [1.29, 1.82) is 0 Å². The first-order valence-corrected chi connectivity index (χ1v) is 6.22. The number of rotatable bonds is 2. The summed E-state index contributed by atoms with van der Waals surface area (Å²) in [5.74, 6) is 0.398. The minimum Gasteiger partial charge on any atom is -0.444 e. The lowest BCUT2D eigenvalue weighted by molar-refractivity contribution is 0.0674. The fourth-order valence-electron chi connectivity index (χ4n) is 1.96. The molecule has 4 nitrogen and oxygen atoms in total. The molecule has 2 heterocycles. The number of halogens is 2. The number of hydrogen-bond acceptors (Lipinski definition) is 3. The van der Waals surface area contributed by atoms with E-state index < -0.39 is 0 Å². The summed E-state index contributed by atoms with van der Waals surface area (Å²) in [5.41, 5.74) is 0. The summed E-state index contributed by atoms with van der Waals surface area (Å²) < 4.78 is 5.86. The molecule has 1 saturated heterocycles. The SMILES string of the molecule is CNC1CCN(C(=O)c2ccc(Br)o2)CC1.Cl. The molecule has 0 spiro atoms. The molecule has 1 aromatic rings. The second-order valence-electron chi connectivity index (χ2n) is 3.96. The Labute approximate surface area is 115 Å². The summed E-state index contributed by atoms with van der Waals surface area (Å²) in [5, 5.41) is 3.24. The van der Waals surface area contributed by atoms with Crippen molar-refractivity contribution < 1.29 is 9.21 Å². The molecule has 0 radical (unpaired) electrons. The molecule has 0 aliphatic carbocycles. The van der Waals surface area contributed by atoms with Gasteiger partial charge in [0.15, 0.2) is 10.4 Å². The van der Waals surface area contributed by atoms with E-state index in [0.29, 0.717) is 16.5 Å². The number of furan rings is 1. The van der Waals surface area contributed by atoms with Crippen molar-refractivity contribution in [3.05, 3.63) is 22.6 Å². The first-order valence-electron chi connectivity index (χ1n) is 5.42. The lowest BCUT2D eigenvalue weighted by Gasteiger charge is -2.31. The first-order chi connectivity index (χ1) is 7.70. The van der Waals surface area contributed by atoms with Gasteiger partial charge in [-0.25, -0.2) is 0 Å². The molecule has 6 heteroatoms. The topological polar surface area (TPSA) is 45.5 Å². The minimum absolute atomic E-state index is 0. The van der Waals surface area contributed by atoms with Gasteiger partial charge in [0.2, 0.25) is 0 Å². The third kappa shape index (κ3) is 3.47. The van der Waals surface area contributed by atoms with Crippen LogP contribution < -0.4 is 5.32 Å². The quantitative estimate of drug-likeness (QED) is 0.908. The molecule has 0 unspecified atom stereocenters. The van der Waals surface area contributed by atoms with Crippen LogP contribution >= 0.6 is 28.3 Å². The van der Waals surface area contributed by atoms with Crippen LogP contribution in [0.1, 0.15) is 23.4 Å². The number of piperidine rings is 1. The van der Waals surface area contributed by atoms with Crippen LogP contribution in [0.15, 0.2) is 21.2 Å². The van der Waals surface area contributed by atoms with Crippen molar-refractivity contribution in [1.82, 2.24) is 10.2 Å². The predicted molar refractivity (Wildman–Crippen MR) is 71.6 cm³/mol. The summed E-state index contributed by atoms with van der Waals surface area (Å²) in [6.45, 7) is 1.59. The minimum atomic E-state index is -0.0137. The lowest BCUT2D eigenvalue weighted by atomic mass is 10.1. The average molecular weight is 324 g/mol. The van der Waals surface area contributed by atoms with Gasteiger partial charge in [0.05, 0.1) is 0 Å². The van der Waals surface area contributed by atoms with Crippen molar-refractivity contribution in [3.63, 3.8) is 0 Å². The average Bonchev–Trinajstić information content (AvgIpc) is 2.75. The van der Waals surface area contributed by atoms with Crippen LogP contribution in [-0.4, -0.2) is 37.0 Å². The van der Waals surface area contributed by atoms with Crippen LogP contribution in [-0.2, 0) is 0 Å². The zero-order valence-electron chi connectivity index (χ0n) is 9.61. The maximum atomic E-state index is 12.0. The largest absolute Gasteiger partial charge is 0.444 e. The zero-order chi connectivity index (χ0) is 11.5. The zero-order valence-corrected chi connectivity index (χ0v) is 12.0. The molecule has 0 atom stereocenters. The third-order valence-electron chi connectivity index (χ3n) is 2.97. The van der Waals surface area contributed by atoms with Crippen LogP contribution in [0.25, 0.3) is 0 Å². The second kappa shape index (κ2) is 6.42. The van der Waals surface area contributed by atoms with E-state index in [9.17, 15) is 4.79 Å². The normalized spacial score (nSPS) is 16.7. The van der Waals surface area contributed by atoms with E-state index in [1.165, 1.54) is 0 Å². The van der Waals surface area contributed by atoms with Gasteiger partial charge in [0.25, 0.3) is 5.91 Å². The summed E-state index contributed by atoms with van der Waals surface area (Å²) in [4.78, 5) is 13.8. The van der Waals surface area contributed by atoms with Gasteiger partial charge in [0.1, 0.15) is 0 Å². The smallest absolute Gasteiger partial charge is 0.289 e. The van der Waals surface area contributed by atoms with Gasteiger partial charge >= 0.3 is 0 Å². The molecule has 96 valence electrons. The Morgan fingerprint density at radius 1 is 1.47 bits per heavy atom. The molecule has 0 aromatic carbocycles. The fourth-order valence-corrected chi connectivity index (χ4v) is 2.26. The van der Waals surface area contributed by atoms with Crippen molar-refractivity contribution in [2.75, 3.05) is 20.1 Å². The fraction of sp³-hybridized carbons (Fsp3) is 0.545. The van der Waals surface area contributed by atoms with Crippen molar-refractivity contribution in [2.45, 2.75) is 18.9 Å². The van der Waals surface area contributed by atoms with Gasteiger partial charge in [-0.3, -0.25) is 4.79 Å². The second-order valence-corrected chi connectivity index (χ2v) is 4.74. The highest BCUT2D eigenvalue weighted by Crippen LogP contribution is 2.18. The molecule has 0 bridgehead atoms. The highest BCUT2D eigenvalue weighted by Gasteiger charge is 2.24. The van der Waals surface area contributed by atoms with E-state index in [2.05, 4.69) is 21.2 Å². The van der Waals surface area contributed by atoms with Crippen LogP contribution in [0, 0.1) is 0 Å². The van der Waals surface area contributed by atoms with Crippen molar-refractivity contribution in [2.24, 2.45) is 0 Å². The number of amides is 1. The maximum Gasteiger partial charge on any atom is 0.289 e. The van der Waals surface area contributed by atoms with E-state index in [0.717, 1.165) is 25.9 Å². The molecule has 1 N–H and O–H groups in total. The first kappa shape index (κ1) is 14.5. The lowest BCUT2D eigenvalue weighted by Crippen LogP contribution is -2.43. The Kier molecular flexibility index (Phi) is 5.49. The third-order valence-corrected chi connectivity index (χ3v) is 3.40. The van der Waals surface area contributed by atoms with Crippen molar-refractivity contribution >= 4 is 34.2 Å². The number of carbonyl (C=O) groups is 1. The van der Waals surface area contributed by atoms with Crippen molar-refractivity contribution in [3.8, 4) is 0 Å². The molecule has 1 amide bonds. The van der Waals surface area contributed by atoms with E-state index in [1.54, 1.807) is 12.1 Å². The molecule has 1 aromatic heterocycles. The van der Waals surface area contributed by atoms with Gasteiger partial charge in [-0.1, -0.05) is 0 Å². The van der Waals surface area contributed by atoms with Crippen LogP contribution in [0.5, 0.6) is 0 Å². The molecule has 1 aliphatic rings. The van der Waals surface area contributed by atoms with E-state index in [-0.39, 0.29) is 18.3 Å². The molecule has 2 rings (SSSR count). The Hall–Kier alpha value is -0.520. The summed E-state index contributed by atoms with van der Waals surface area (Å²) >= 11 is 3.20. The molecule has 1 aliphatic heterocycles. The molecular formula is C11H16BrClN2O2. The summed E-state index contributed by atoms with van der Waals surface area (Å²) in [6.07, 6.45) is 2.01. The van der Waals surface area contributed by atoms with Gasteiger partial charge in [-0.05, 0) is 48.0 Å². The van der Waals surface area contributed by atoms with Gasteiger partial charge in [-0.2, -0.15) is 0 Å². The maximum absolute atomic E-state index is 12.0. The Morgan fingerprint density at radius 2 is 2.12 bits per heavy atom. The van der Waals surface area contributed by atoms with E-state index >= 15 is 0 Å².